The van der Waals surface area contributed by atoms with Crippen molar-refractivity contribution in [3.63, 3.8) is 0 Å². The zero-order valence-corrected chi connectivity index (χ0v) is 13.3. The van der Waals surface area contributed by atoms with Crippen LogP contribution in [0.3, 0.4) is 0 Å². The third-order valence-electron chi connectivity index (χ3n) is 4.54. The second-order valence-corrected chi connectivity index (χ2v) is 6.32. The largest absolute Gasteiger partial charge is 0.382 e. The first-order valence-corrected chi connectivity index (χ1v) is 7.84. The zero-order valence-electron chi connectivity index (χ0n) is 13.3. The third-order valence-corrected chi connectivity index (χ3v) is 4.54. The molecule has 1 fully saturated rings. The molecule has 24 heavy (non-hydrogen) atoms. The fourth-order valence-electron chi connectivity index (χ4n) is 3.26. The molecule has 0 unspecified atom stereocenters. The monoisotopic (exact) mass is 326 g/mol. The maximum atomic E-state index is 12.3. The Morgan fingerprint density at radius 2 is 2.33 bits per heavy atom. The lowest BCUT2D eigenvalue weighted by atomic mass is 10.0. The van der Waals surface area contributed by atoms with E-state index < -0.39 is 5.60 Å². The second kappa shape index (κ2) is 5.50. The molecule has 3 aromatic rings. The molecule has 0 aliphatic carbocycles. The minimum atomic E-state index is -1.01. The van der Waals surface area contributed by atoms with E-state index in [0.717, 1.165) is 5.56 Å². The Hall–Kier alpha value is -2.58. The summed E-state index contributed by atoms with van der Waals surface area (Å²) in [6, 6.07) is 5.33. The SMILES string of the molecule is Cc1cccn2c(=O)cc(CN3CC[C@](O)(c4cn[nH]n4)C3)nc12. The smallest absolute Gasteiger partial charge is 0.258 e. The summed E-state index contributed by atoms with van der Waals surface area (Å²) in [4.78, 5) is 19.0. The molecule has 1 atom stereocenters. The van der Waals surface area contributed by atoms with Crippen molar-refractivity contribution in [1.29, 1.82) is 0 Å². The number of pyridine rings is 1. The topological polar surface area (TPSA) is 99.4 Å². The van der Waals surface area contributed by atoms with Gasteiger partial charge in [0.25, 0.3) is 5.56 Å². The number of likely N-dealkylation sites (tertiary alicyclic amines) is 1. The average Bonchev–Trinajstić information content (AvgIpc) is 3.20. The number of aromatic nitrogens is 5. The molecule has 8 heteroatoms. The van der Waals surface area contributed by atoms with Crippen LogP contribution < -0.4 is 5.56 Å². The van der Waals surface area contributed by atoms with Crippen molar-refractivity contribution in [2.45, 2.75) is 25.5 Å². The standard InChI is InChI=1S/C16H18N6O2/c1-11-3-2-5-22-14(23)7-12(18-15(11)22)9-21-6-4-16(24,10-21)13-8-17-20-19-13/h2-3,5,7-8,24H,4,6,9-10H2,1H3,(H,17,19,20)/t16-/m1/s1. The average molecular weight is 326 g/mol. The Bertz CT molecular complexity index is 935. The molecule has 0 bridgehead atoms. The minimum absolute atomic E-state index is 0.0929. The van der Waals surface area contributed by atoms with E-state index in [-0.39, 0.29) is 5.56 Å². The van der Waals surface area contributed by atoms with Crippen molar-refractivity contribution < 1.29 is 5.11 Å². The normalized spacial score (nSPS) is 21.6. The Morgan fingerprint density at radius 1 is 1.46 bits per heavy atom. The van der Waals surface area contributed by atoms with Crippen molar-refractivity contribution in [1.82, 2.24) is 29.7 Å². The Morgan fingerprint density at radius 3 is 3.12 bits per heavy atom. The molecule has 0 saturated carbocycles. The molecule has 0 spiro atoms. The van der Waals surface area contributed by atoms with Crippen molar-refractivity contribution >= 4 is 5.65 Å². The molecular weight excluding hydrogens is 308 g/mol. The van der Waals surface area contributed by atoms with Crippen molar-refractivity contribution in [2.75, 3.05) is 13.1 Å². The highest BCUT2D eigenvalue weighted by atomic mass is 16.3. The summed E-state index contributed by atoms with van der Waals surface area (Å²) in [7, 11) is 0. The number of rotatable bonds is 3. The molecule has 1 saturated heterocycles. The van der Waals surface area contributed by atoms with E-state index in [9.17, 15) is 9.90 Å². The number of fused-ring (bicyclic) bond motifs is 1. The fraction of sp³-hybridized carbons (Fsp3) is 0.375. The van der Waals surface area contributed by atoms with Crippen LogP contribution in [0.2, 0.25) is 0 Å². The Balaban J connectivity index is 1.60. The van der Waals surface area contributed by atoms with Gasteiger partial charge < -0.3 is 5.11 Å². The van der Waals surface area contributed by atoms with Gasteiger partial charge in [-0.2, -0.15) is 15.4 Å². The first-order valence-electron chi connectivity index (χ1n) is 7.84. The molecule has 0 aromatic carbocycles. The third kappa shape index (κ3) is 2.49. The first-order chi connectivity index (χ1) is 11.5. The number of aromatic amines is 1. The molecule has 4 heterocycles. The summed E-state index contributed by atoms with van der Waals surface area (Å²) < 4.78 is 1.55. The first kappa shape index (κ1) is 15.0. The predicted molar refractivity (Wildman–Crippen MR) is 86.4 cm³/mol. The van der Waals surface area contributed by atoms with Crippen LogP contribution in [-0.4, -0.2) is 47.9 Å². The molecule has 3 aromatic heterocycles. The number of hydrogen-bond donors (Lipinski definition) is 2. The summed E-state index contributed by atoms with van der Waals surface area (Å²) in [6.07, 6.45) is 3.85. The summed E-state index contributed by atoms with van der Waals surface area (Å²) in [5.41, 5.74) is 1.79. The number of β-amino-alcohol motifs (C(OH)–C–C–N with tert-alkyl or cyclic N) is 1. The van der Waals surface area contributed by atoms with E-state index in [4.69, 9.17) is 0 Å². The number of aliphatic hydroxyl groups is 1. The lowest BCUT2D eigenvalue weighted by Gasteiger charge is -2.20. The van der Waals surface area contributed by atoms with Gasteiger partial charge in [-0.1, -0.05) is 6.07 Å². The van der Waals surface area contributed by atoms with Crippen molar-refractivity contribution in [3.8, 4) is 0 Å². The number of nitrogens with one attached hydrogen (secondary N) is 1. The van der Waals surface area contributed by atoms with Gasteiger partial charge in [-0.3, -0.25) is 14.1 Å². The zero-order chi connectivity index (χ0) is 16.7. The van der Waals surface area contributed by atoms with E-state index in [0.29, 0.717) is 43.1 Å². The van der Waals surface area contributed by atoms with Crippen molar-refractivity contribution in [3.05, 3.63) is 57.9 Å². The van der Waals surface area contributed by atoms with Crippen LogP contribution in [0, 0.1) is 6.92 Å². The Labute approximate surface area is 137 Å². The summed E-state index contributed by atoms with van der Waals surface area (Å²) >= 11 is 0. The molecule has 2 N–H and O–H groups in total. The highest BCUT2D eigenvalue weighted by Crippen LogP contribution is 2.30. The van der Waals surface area contributed by atoms with Crippen LogP contribution in [0.1, 0.15) is 23.4 Å². The predicted octanol–water partition coefficient (Wildman–Crippen LogP) is 0.215. The van der Waals surface area contributed by atoms with Crippen molar-refractivity contribution in [2.24, 2.45) is 0 Å². The lowest BCUT2D eigenvalue weighted by molar-refractivity contribution is 0.0407. The molecule has 124 valence electrons. The highest BCUT2D eigenvalue weighted by Gasteiger charge is 2.39. The van der Waals surface area contributed by atoms with Gasteiger partial charge in [0.1, 0.15) is 16.9 Å². The highest BCUT2D eigenvalue weighted by molar-refractivity contribution is 5.46. The van der Waals surface area contributed by atoms with Gasteiger partial charge >= 0.3 is 0 Å². The van der Waals surface area contributed by atoms with Gasteiger partial charge in [0, 0.05) is 31.9 Å². The maximum Gasteiger partial charge on any atom is 0.258 e. The molecule has 1 aliphatic rings. The second-order valence-electron chi connectivity index (χ2n) is 6.32. The van der Waals surface area contributed by atoms with Gasteiger partial charge in [0.15, 0.2) is 0 Å². The van der Waals surface area contributed by atoms with Crippen LogP contribution in [0.25, 0.3) is 5.65 Å². The van der Waals surface area contributed by atoms with Gasteiger partial charge in [-0.05, 0) is 25.0 Å². The molecular formula is C16H18N6O2. The van der Waals surface area contributed by atoms with E-state index in [1.165, 1.54) is 0 Å². The van der Waals surface area contributed by atoms with Crippen LogP contribution >= 0.6 is 0 Å². The van der Waals surface area contributed by atoms with Gasteiger partial charge in [-0.25, -0.2) is 4.98 Å². The lowest BCUT2D eigenvalue weighted by Crippen LogP contribution is -2.31. The molecule has 0 amide bonds. The van der Waals surface area contributed by atoms with Crippen LogP contribution in [0.15, 0.2) is 35.4 Å². The molecule has 8 nitrogen and oxygen atoms in total. The van der Waals surface area contributed by atoms with E-state index >= 15 is 0 Å². The molecule has 1 aliphatic heterocycles. The fourth-order valence-corrected chi connectivity index (χ4v) is 3.26. The van der Waals surface area contributed by atoms with Gasteiger partial charge in [0.2, 0.25) is 0 Å². The summed E-state index contributed by atoms with van der Waals surface area (Å²) in [5, 5.41) is 21.0. The number of hydrogen-bond acceptors (Lipinski definition) is 6. The Kier molecular flexibility index (Phi) is 3.43. The molecule has 4 rings (SSSR count). The quantitative estimate of drug-likeness (QED) is 0.714. The maximum absolute atomic E-state index is 12.3. The minimum Gasteiger partial charge on any atom is -0.382 e. The molecule has 0 radical (unpaired) electrons. The van der Waals surface area contributed by atoms with Crippen LogP contribution in [-0.2, 0) is 12.1 Å². The van der Waals surface area contributed by atoms with E-state index in [1.807, 2.05) is 19.1 Å². The van der Waals surface area contributed by atoms with Crippen LogP contribution in [0.5, 0.6) is 0 Å². The van der Waals surface area contributed by atoms with Gasteiger partial charge in [-0.15, -0.1) is 0 Å². The summed E-state index contributed by atoms with van der Waals surface area (Å²) in [6.45, 7) is 3.59. The van der Waals surface area contributed by atoms with E-state index in [2.05, 4.69) is 25.3 Å². The van der Waals surface area contributed by atoms with Gasteiger partial charge in [0.05, 0.1) is 11.9 Å². The number of H-pyrrole nitrogens is 1. The van der Waals surface area contributed by atoms with Crippen LogP contribution in [0.4, 0.5) is 0 Å². The number of aryl methyl sites for hydroxylation is 1. The number of nitrogens with zero attached hydrogens (tertiary/aromatic N) is 5. The van der Waals surface area contributed by atoms with E-state index in [1.54, 1.807) is 22.9 Å². The summed E-state index contributed by atoms with van der Waals surface area (Å²) in [5.74, 6) is 0.